The highest BCUT2D eigenvalue weighted by atomic mass is 15.4. The van der Waals surface area contributed by atoms with E-state index >= 15 is 0 Å². The smallest absolute Gasteiger partial charge is 0.135 e. The van der Waals surface area contributed by atoms with Crippen molar-refractivity contribution in [2.45, 2.75) is 105 Å². The van der Waals surface area contributed by atoms with Gasteiger partial charge >= 0.3 is 0 Å². The Balaban J connectivity index is 4.50. The lowest BCUT2D eigenvalue weighted by Gasteiger charge is -2.38. The predicted molar refractivity (Wildman–Crippen MR) is 147 cm³/mol. The van der Waals surface area contributed by atoms with Crippen LogP contribution in [0.4, 0.5) is 0 Å². The summed E-state index contributed by atoms with van der Waals surface area (Å²) in [7, 11) is 6.17. The molecule has 0 fully saturated rings. The van der Waals surface area contributed by atoms with Crippen LogP contribution in [0.2, 0.25) is 0 Å². The number of aliphatic imine (C=N–C) groups is 1. The zero-order valence-corrected chi connectivity index (χ0v) is 24.2. The molecule has 0 saturated carbocycles. The maximum absolute atomic E-state index is 4.55. The van der Waals surface area contributed by atoms with Crippen LogP contribution in [-0.2, 0) is 10.8 Å². The first-order chi connectivity index (χ1) is 14.7. The van der Waals surface area contributed by atoms with E-state index in [1.165, 1.54) is 16.3 Å². The molecule has 0 radical (unpaired) electrons. The van der Waals surface area contributed by atoms with Crippen LogP contribution in [-0.4, -0.2) is 48.7 Å². The molecular weight excluding hydrogens is 406 g/mol. The normalized spacial score (nSPS) is 15.1. The van der Waals surface area contributed by atoms with E-state index in [1.54, 1.807) is 0 Å². The number of nitrogens with zero attached hydrogens (tertiary/aromatic N) is 3. The Kier molecular flexibility index (Phi) is 8.53. The highest BCUT2D eigenvalue weighted by Crippen LogP contribution is 2.26. The second-order valence-corrected chi connectivity index (χ2v) is 13.1. The van der Waals surface area contributed by atoms with Gasteiger partial charge in [0.25, 0.3) is 0 Å². The van der Waals surface area contributed by atoms with Gasteiger partial charge in [-0.15, -0.1) is 0 Å². The topological polar surface area (TPSA) is 42.9 Å². The lowest BCUT2D eigenvalue weighted by atomic mass is 9.79. The van der Waals surface area contributed by atoms with Crippen LogP contribution < -0.4 is 21.3 Å². The van der Waals surface area contributed by atoms with Gasteiger partial charge in [-0.25, -0.2) is 10.4 Å². The Bertz CT molecular complexity index is 960. The minimum atomic E-state index is -0.0831. The Hall–Kier alpha value is -2.01. The molecule has 5 nitrogen and oxygen atoms in total. The van der Waals surface area contributed by atoms with E-state index in [4.69, 9.17) is 0 Å². The van der Waals surface area contributed by atoms with Crippen molar-refractivity contribution >= 4 is 18.4 Å². The standard InChI is InChI=1S/C28H51N5/c1-25(2,3)21-18-20(24(31-30-14)33(16)28(10,11)12)22(26(4,5)6)17-19(21)23(29-13)32(15)27(7,8)9/h17-18,30-31H,13H2,1-12,14-16H3/b23-19+,24-20+. The third kappa shape index (κ3) is 6.75. The number of hydrogen-bond acceptors (Lipinski definition) is 5. The SMILES string of the molecule is C=N/C(=c1/cc(C(C)(C)C)/c(=C(\NNC)N(C)C(C)(C)C)cc1C(C)(C)C)N(C)C(C)(C)C. The summed E-state index contributed by atoms with van der Waals surface area (Å²) in [5.74, 6) is 1.97. The Morgan fingerprint density at radius 1 is 0.727 bits per heavy atom. The van der Waals surface area contributed by atoms with Crippen molar-refractivity contribution < 1.29 is 0 Å². The van der Waals surface area contributed by atoms with Crippen LogP contribution in [0.3, 0.4) is 0 Å². The second kappa shape index (κ2) is 9.69. The van der Waals surface area contributed by atoms with Crippen LogP contribution in [0.15, 0.2) is 17.1 Å². The first-order valence-electron chi connectivity index (χ1n) is 12.0. The first-order valence-corrected chi connectivity index (χ1v) is 12.0. The van der Waals surface area contributed by atoms with Crippen molar-refractivity contribution in [1.29, 1.82) is 0 Å². The minimum absolute atomic E-state index is 0.0543. The Labute approximate surface area is 204 Å². The van der Waals surface area contributed by atoms with E-state index in [2.05, 4.69) is 142 Å². The number of rotatable bonds is 5. The summed E-state index contributed by atoms with van der Waals surface area (Å²) in [4.78, 5) is 9.09. The molecule has 0 saturated heterocycles. The molecule has 0 aliphatic rings. The summed E-state index contributed by atoms with van der Waals surface area (Å²) in [6.07, 6.45) is 0. The maximum Gasteiger partial charge on any atom is 0.135 e. The molecule has 1 aromatic carbocycles. The van der Waals surface area contributed by atoms with E-state index in [1.807, 2.05) is 7.05 Å². The molecule has 188 valence electrons. The molecule has 5 heteroatoms. The fourth-order valence-corrected chi connectivity index (χ4v) is 3.70. The van der Waals surface area contributed by atoms with E-state index in [9.17, 15) is 0 Å². The van der Waals surface area contributed by atoms with E-state index < -0.39 is 0 Å². The van der Waals surface area contributed by atoms with Crippen LogP contribution in [0.5, 0.6) is 0 Å². The van der Waals surface area contributed by atoms with Crippen LogP contribution in [0, 0.1) is 0 Å². The van der Waals surface area contributed by atoms with Gasteiger partial charge in [0.2, 0.25) is 0 Å². The number of hydrogen-bond donors (Lipinski definition) is 2. The first kappa shape index (κ1) is 29.0. The third-order valence-corrected chi connectivity index (χ3v) is 6.33. The summed E-state index contributed by atoms with van der Waals surface area (Å²) < 4.78 is 0. The summed E-state index contributed by atoms with van der Waals surface area (Å²) in [6.45, 7) is 30.9. The minimum Gasteiger partial charge on any atom is -0.355 e. The Morgan fingerprint density at radius 3 is 1.45 bits per heavy atom. The molecular formula is C28H51N5. The highest BCUT2D eigenvalue weighted by Gasteiger charge is 2.28. The van der Waals surface area contributed by atoms with Gasteiger partial charge in [0.05, 0.1) is 0 Å². The molecule has 0 unspecified atom stereocenters. The summed E-state index contributed by atoms with van der Waals surface area (Å²) in [6, 6.07) is 4.70. The average Bonchev–Trinajstić information content (AvgIpc) is 2.62. The summed E-state index contributed by atoms with van der Waals surface area (Å²) in [5, 5.41) is 2.34. The molecule has 0 atom stereocenters. The molecule has 0 aliphatic heterocycles. The summed E-state index contributed by atoms with van der Waals surface area (Å²) >= 11 is 0. The fourth-order valence-electron chi connectivity index (χ4n) is 3.70. The number of hydrazine groups is 1. The van der Waals surface area contributed by atoms with Crippen LogP contribution >= 0.6 is 0 Å². The van der Waals surface area contributed by atoms with Gasteiger partial charge in [-0.05, 0) is 82.3 Å². The van der Waals surface area contributed by atoms with Gasteiger partial charge in [0.15, 0.2) is 0 Å². The average molecular weight is 458 g/mol. The van der Waals surface area contributed by atoms with Crippen LogP contribution in [0.25, 0.3) is 11.6 Å². The molecule has 0 bridgehead atoms. The van der Waals surface area contributed by atoms with Crippen molar-refractivity contribution in [2.75, 3.05) is 21.1 Å². The molecule has 0 aliphatic carbocycles. The fraction of sp³-hybridized carbons (Fsp3) is 0.679. The molecule has 0 aromatic heterocycles. The number of benzene rings is 1. The van der Waals surface area contributed by atoms with Crippen molar-refractivity contribution in [3.05, 3.63) is 33.7 Å². The largest absolute Gasteiger partial charge is 0.355 e. The van der Waals surface area contributed by atoms with Gasteiger partial charge in [-0.1, -0.05) is 41.5 Å². The molecule has 0 amide bonds. The monoisotopic (exact) mass is 457 g/mol. The number of nitrogens with one attached hydrogen (secondary N) is 2. The van der Waals surface area contributed by atoms with Crippen molar-refractivity contribution in [1.82, 2.24) is 20.7 Å². The van der Waals surface area contributed by atoms with Gasteiger partial charge in [-0.3, -0.25) is 0 Å². The van der Waals surface area contributed by atoms with Gasteiger partial charge in [-0.2, -0.15) is 0 Å². The van der Waals surface area contributed by atoms with E-state index in [0.717, 1.165) is 16.9 Å². The molecule has 2 N–H and O–H groups in total. The molecule has 1 aromatic rings. The lowest BCUT2D eigenvalue weighted by molar-refractivity contribution is 0.248. The van der Waals surface area contributed by atoms with Gasteiger partial charge < -0.3 is 15.2 Å². The van der Waals surface area contributed by atoms with Crippen molar-refractivity contribution in [2.24, 2.45) is 4.99 Å². The van der Waals surface area contributed by atoms with Gasteiger partial charge in [0.1, 0.15) is 11.6 Å². The Morgan fingerprint density at radius 2 is 1.12 bits per heavy atom. The predicted octanol–water partition coefficient (Wildman–Crippen LogP) is 4.30. The van der Waals surface area contributed by atoms with E-state index in [-0.39, 0.29) is 21.9 Å². The van der Waals surface area contributed by atoms with Crippen molar-refractivity contribution in [3.8, 4) is 0 Å². The maximum atomic E-state index is 4.55. The van der Waals surface area contributed by atoms with Gasteiger partial charge in [0, 0.05) is 42.7 Å². The van der Waals surface area contributed by atoms with Crippen molar-refractivity contribution in [3.63, 3.8) is 0 Å². The lowest BCUT2D eigenvalue weighted by Crippen LogP contribution is -2.49. The third-order valence-electron chi connectivity index (χ3n) is 6.33. The summed E-state index contributed by atoms with van der Waals surface area (Å²) in [5.41, 5.74) is 8.84. The van der Waals surface area contributed by atoms with Crippen LogP contribution in [0.1, 0.15) is 94.2 Å². The second-order valence-electron chi connectivity index (χ2n) is 13.1. The zero-order valence-electron chi connectivity index (χ0n) is 24.2. The molecule has 0 heterocycles. The zero-order chi connectivity index (χ0) is 26.2. The molecule has 0 spiro atoms. The molecule has 33 heavy (non-hydrogen) atoms. The molecule has 1 rings (SSSR count). The highest BCUT2D eigenvalue weighted by molar-refractivity contribution is 5.56. The quantitative estimate of drug-likeness (QED) is 0.511. The van der Waals surface area contributed by atoms with E-state index in [0.29, 0.717) is 0 Å².